The molecule has 1 aromatic rings. The largest absolute Gasteiger partial charge is 0.282 e. The van der Waals surface area contributed by atoms with Gasteiger partial charge in [0.2, 0.25) is 5.12 Å². The van der Waals surface area contributed by atoms with Crippen molar-refractivity contribution in [3.63, 3.8) is 0 Å². The van der Waals surface area contributed by atoms with Gasteiger partial charge in [-0.2, -0.15) is 0 Å². The average Bonchev–Trinajstić information content (AvgIpc) is 2.00. The van der Waals surface area contributed by atoms with Gasteiger partial charge in [0.1, 0.15) is 0 Å². The standard InChI is InChI=1S/C8H6F2OS/c1-4-5(8(11)12)2-3-6(9)7(4)10/h2-3H,1H3,(H,11,12). The average molecular weight is 188 g/mol. The Bertz CT molecular complexity index is 336. The van der Waals surface area contributed by atoms with Crippen molar-refractivity contribution < 1.29 is 13.6 Å². The number of carbonyl (C=O) groups excluding carboxylic acids is 1. The number of hydrogen-bond donors (Lipinski definition) is 1. The molecule has 0 heterocycles. The Morgan fingerprint density at radius 2 is 2.00 bits per heavy atom. The summed E-state index contributed by atoms with van der Waals surface area (Å²) in [7, 11) is 0. The van der Waals surface area contributed by atoms with Crippen molar-refractivity contribution in [3.8, 4) is 0 Å². The van der Waals surface area contributed by atoms with Crippen LogP contribution in [0.4, 0.5) is 8.78 Å². The van der Waals surface area contributed by atoms with Gasteiger partial charge in [0.15, 0.2) is 11.6 Å². The first kappa shape index (κ1) is 9.19. The SMILES string of the molecule is Cc1c(C(=O)S)ccc(F)c1F. The Hall–Kier alpha value is -0.900. The van der Waals surface area contributed by atoms with Gasteiger partial charge in [-0.15, -0.1) is 12.6 Å². The van der Waals surface area contributed by atoms with Crippen molar-refractivity contribution in [2.24, 2.45) is 0 Å². The highest BCUT2D eigenvalue weighted by Gasteiger charge is 2.12. The van der Waals surface area contributed by atoms with E-state index in [1.54, 1.807) is 0 Å². The highest BCUT2D eigenvalue weighted by atomic mass is 32.1. The second-order valence-electron chi connectivity index (χ2n) is 2.34. The monoisotopic (exact) mass is 188 g/mol. The minimum atomic E-state index is -0.991. The molecule has 0 spiro atoms. The lowest BCUT2D eigenvalue weighted by Gasteiger charge is -2.02. The van der Waals surface area contributed by atoms with Gasteiger partial charge in [-0.1, -0.05) is 0 Å². The van der Waals surface area contributed by atoms with Gasteiger partial charge in [0.25, 0.3) is 0 Å². The minimum absolute atomic E-state index is 0.00463. The Balaban J connectivity index is 3.36. The van der Waals surface area contributed by atoms with Crippen molar-refractivity contribution in [2.75, 3.05) is 0 Å². The third-order valence-electron chi connectivity index (χ3n) is 1.57. The fourth-order valence-electron chi connectivity index (χ4n) is 0.884. The van der Waals surface area contributed by atoms with Crippen molar-refractivity contribution in [1.82, 2.24) is 0 Å². The van der Waals surface area contributed by atoms with E-state index in [2.05, 4.69) is 12.6 Å². The smallest absolute Gasteiger partial charge is 0.216 e. The van der Waals surface area contributed by atoms with Gasteiger partial charge in [0.05, 0.1) is 0 Å². The van der Waals surface area contributed by atoms with Gasteiger partial charge < -0.3 is 0 Å². The van der Waals surface area contributed by atoms with Crippen LogP contribution in [0.1, 0.15) is 15.9 Å². The van der Waals surface area contributed by atoms with E-state index >= 15 is 0 Å². The quantitative estimate of drug-likeness (QED) is 0.669. The minimum Gasteiger partial charge on any atom is -0.282 e. The fourth-order valence-corrected chi connectivity index (χ4v) is 1.13. The molecule has 0 unspecified atom stereocenters. The molecule has 64 valence electrons. The highest BCUT2D eigenvalue weighted by Crippen LogP contribution is 2.16. The van der Waals surface area contributed by atoms with Crippen LogP contribution in [-0.4, -0.2) is 5.12 Å². The van der Waals surface area contributed by atoms with Crippen LogP contribution < -0.4 is 0 Å². The number of thiol groups is 1. The summed E-state index contributed by atoms with van der Waals surface area (Å²) in [5, 5.41) is -0.564. The molecule has 0 aromatic heterocycles. The summed E-state index contributed by atoms with van der Waals surface area (Å²) in [6, 6.07) is 2.12. The fraction of sp³-hybridized carbons (Fsp3) is 0.125. The predicted molar refractivity (Wildman–Crippen MR) is 44.4 cm³/mol. The first-order chi connectivity index (χ1) is 5.54. The van der Waals surface area contributed by atoms with Crippen molar-refractivity contribution in [3.05, 3.63) is 34.9 Å². The second-order valence-corrected chi connectivity index (χ2v) is 2.75. The van der Waals surface area contributed by atoms with E-state index in [-0.39, 0.29) is 11.1 Å². The molecule has 0 aliphatic heterocycles. The lowest BCUT2D eigenvalue weighted by atomic mass is 10.1. The van der Waals surface area contributed by atoms with E-state index in [1.165, 1.54) is 13.0 Å². The molecule has 0 N–H and O–H groups in total. The van der Waals surface area contributed by atoms with Gasteiger partial charge in [-0.3, -0.25) is 4.79 Å². The van der Waals surface area contributed by atoms with Gasteiger partial charge >= 0.3 is 0 Å². The van der Waals surface area contributed by atoms with Gasteiger partial charge in [-0.25, -0.2) is 8.78 Å². The molecular weight excluding hydrogens is 182 g/mol. The number of carbonyl (C=O) groups is 1. The molecule has 0 aliphatic carbocycles. The zero-order valence-corrected chi connectivity index (χ0v) is 7.16. The second kappa shape index (κ2) is 3.23. The molecule has 1 nitrogen and oxygen atoms in total. The Labute approximate surface area is 73.8 Å². The summed E-state index contributed by atoms with van der Waals surface area (Å²) < 4.78 is 25.3. The van der Waals surface area contributed by atoms with Gasteiger partial charge in [-0.05, 0) is 24.6 Å². The third kappa shape index (κ3) is 1.48. The lowest BCUT2D eigenvalue weighted by Crippen LogP contribution is -1.98. The summed E-state index contributed by atoms with van der Waals surface area (Å²) in [4.78, 5) is 10.7. The van der Waals surface area contributed by atoms with Crippen LogP contribution in [-0.2, 0) is 0 Å². The highest BCUT2D eigenvalue weighted by molar-refractivity contribution is 7.97. The number of benzene rings is 1. The molecule has 1 rings (SSSR count). The van der Waals surface area contributed by atoms with Crippen molar-refractivity contribution >= 4 is 17.7 Å². The maximum Gasteiger partial charge on any atom is 0.216 e. The number of rotatable bonds is 1. The molecule has 0 saturated carbocycles. The van der Waals surface area contributed by atoms with Crippen LogP contribution in [0.5, 0.6) is 0 Å². The van der Waals surface area contributed by atoms with Crippen molar-refractivity contribution in [1.29, 1.82) is 0 Å². The topological polar surface area (TPSA) is 17.1 Å². The van der Waals surface area contributed by atoms with Crippen LogP contribution in [0.15, 0.2) is 12.1 Å². The van der Waals surface area contributed by atoms with E-state index in [1.807, 2.05) is 0 Å². The molecule has 0 aliphatic rings. The molecule has 0 radical (unpaired) electrons. The summed E-state index contributed by atoms with van der Waals surface area (Å²) in [6.07, 6.45) is 0. The van der Waals surface area contributed by atoms with Crippen LogP contribution in [0.3, 0.4) is 0 Å². The first-order valence-corrected chi connectivity index (χ1v) is 3.66. The normalized spacial score (nSPS) is 10.0. The number of hydrogen-bond acceptors (Lipinski definition) is 1. The maximum atomic E-state index is 12.8. The van der Waals surface area contributed by atoms with E-state index < -0.39 is 16.7 Å². The molecule has 0 atom stereocenters. The van der Waals surface area contributed by atoms with E-state index in [9.17, 15) is 13.6 Å². The van der Waals surface area contributed by atoms with Crippen LogP contribution in [0, 0.1) is 18.6 Å². The van der Waals surface area contributed by atoms with E-state index in [0.717, 1.165) is 6.07 Å². The van der Waals surface area contributed by atoms with E-state index in [0.29, 0.717) is 0 Å². The summed E-state index contributed by atoms with van der Waals surface area (Å²) in [6.45, 7) is 1.34. The molecule has 12 heavy (non-hydrogen) atoms. The zero-order chi connectivity index (χ0) is 9.30. The summed E-state index contributed by atoms with van der Waals surface area (Å²) >= 11 is 3.51. The zero-order valence-electron chi connectivity index (χ0n) is 6.27. The molecule has 0 amide bonds. The Morgan fingerprint density at radius 3 is 2.50 bits per heavy atom. The predicted octanol–water partition coefficient (Wildman–Crippen LogP) is 2.34. The molecular formula is C8H6F2OS. The van der Waals surface area contributed by atoms with Crippen LogP contribution >= 0.6 is 12.6 Å². The maximum absolute atomic E-state index is 12.8. The third-order valence-corrected chi connectivity index (χ3v) is 1.81. The van der Waals surface area contributed by atoms with Crippen molar-refractivity contribution in [2.45, 2.75) is 6.92 Å². The molecule has 0 fully saturated rings. The molecule has 0 saturated heterocycles. The first-order valence-electron chi connectivity index (χ1n) is 3.22. The Morgan fingerprint density at radius 1 is 1.42 bits per heavy atom. The van der Waals surface area contributed by atoms with Crippen LogP contribution in [0.2, 0.25) is 0 Å². The lowest BCUT2D eigenvalue weighted by molar-refractivity contribution is 0.109. The molecule has 0 bridgehead atoms. The number of halogens is 2. The summed E-state index contributed by atoms with van der Waals surface area (Å²) in [5.41, 5.74) is 0.0900. The Kier molecular flexibility index (Phi) is 2.47. The van der Waals surface area contributed by atoms with E-state index in [4.69, 9.17) is 0 Å². The van der Waals surface area contributed by atoms with Gasteiger partial charge in [0, 0.05) is 5.56 Å². The molecule has 4 heteroatoms. The van der Waals surface area contributed by atoms with Crippen LogP contribution in [0.25, 0.3) is 0 Å². The molecule has 1 aromatic carbocycles. The summed E-state index contributed by atoms with van der Waals surface area (Å²) in [5.74, 6) is -1.94.